The highest BCUT2D eigenvalue weighted by Crippen LogP contribution is 2.25. The Kier molecular flexibility index (Phi) is 4.85. The second-order valence-electron chi connectivity index (χ2n) is 4.21. The third-order valence-electron chi connectivity index (χ3n) is 2.49. The van der Waals surface area contributed by atoms with Crippen LogP contribution in [0.15, 0.2) is 42.5 Å². The minimum Gasteiger partial charge on any atom is -0.406 e. The molecule has 0 bridgehead atoms. The molecule has 112 valence electrons. The summed E-state index contributed by atoms with van der Waals surface area (Å²) in [7, 11) is 0. The van der Waals surface area contributed by atoms with Crippen molar-refractivity contribution in [2.24, 2.45) is 0 Å². The van der Waals surface area contributed by atoms with E-state index < -0.39 is 6.36 Å². The van der Waals surface area contributed by atoms with Gasteiger partial charge in [0.05, 0.1) is 0 Å². The Balaban J connectivity index is 2.04. The van der Waals surface area contributed by atoms with Crippen LogP contribution in [-0.4, -0.2) is 6.36 Å². The monoisotopic (exact) mass is 335 g/mol. The summed E-state index contributed by atoms with van der Waals surface area (Å²) >= 11 is 11.7. The summed E-state index contributed by atoms with van der Waals surface area (Å²) < 4.78 is 40.3. The van der Waals surface area contributed by atoms with E-state index in [-0.39, 0.29) is 5.75 Å². The van der Waals surface area contributed by atoms with E-state index in [1.807, 2.05) is 0 Å². The number of halogens is 5. The summed E-state index contributed by atoms with van der Waals surface area (Å²) in [6.07, 6.45) is -4.70. The second-order valence-corrected chi connectivity index (χ2v) is 5.08. The third kappa shape index (κ3) is 5.36. The first-order valence-electron chi connectivity index (χ1n) is 5.86. The fourth-order valence-electron chi connectivity index (χ4n) is 1.71. The lowest BCUT2D eigenvalue weighted by atomic mass is 10.2. The molecular weight excluding hydrogens is 326 g/mol. The zero-order valence-electron chi connectivity index (χ0n) is 10.5. The molecule has 2 nitrogen and oxygen atoms in total. The quantitative estimate of drug-likeness (QED) is 0.796. The van der Waals surface area contributed by atoms with Gasteiger partial charge in [0.2, 0.25) is 0 Å². The van der Waals surface area contributed by atoms with Crippen LogP contribution in [0.3, 0.4) is 0 Å². The molecule has 0 aliphatic heterocycles. The van der Waals surface area contributed by atoms with E-state index in [0.29, 0.717) is 27.8 Å². The minimum atomic E-state index is -4.70. The van der Waals surface area contributed by atoms with Gasteiger partial charge in [-0.25, -0.2) is 0 Å². The normalized spacial score (nSPS) is 11.3. The number of benzene rings is 2. The lowest BCUT2D eigenvalue weighted by Gasteiger charge is -2.11. The zero-order valence-corrected chi connectivity index (χ0v) is 12.1. The van der Waals surface area contributed by atoms with Gasteiger partial charge in [0, 0.05) is 22.3 Å². The molecule has 0 saturated heterocycles. The molecule has 21 heavy (non-hydrogen) atoms. The van der Waals surface area contributed by atoms with Crippen molar-refractivity contribution < 1.29 is 17.9 Å². The lowest BCUT2D eigenvalue weighted by molar-refractivity contribution is -0.274. The van der Waals surface area contributed by atoms with Gasteiger partial charge >= 0.3 is 6.36 Å². The molecule has 0 atom stereocenters. The third-order valence-corrected chi connectivity index (χ3v) is 2.93. The molecule has 2 aromatic carbocycles. The Hall–Kier alpha value is -1.59. The summed E-state index contributed by atoms with van der Waals surface area (Å²) in [5.41, 5.74) is 1.31. The maximum Gasteiger partial charge on any atom is 0.573 e. The predicted molar refractivity (Wildman–Crippen MR) is 76.9 cm³/mol. The van der Waals surface area contributed by atoms with Gasteiger partial charge in [0.25, 0.3) is 0 Å². The maximum atomic E-state index is 12.1. The summed E-state index contributed by atoms with van der Waals surface area (Å²) in [6.45, 7) is 0.311. The summed E-state index contributed by atoms with van der Waals surface area (Å²) in [5, 5.41) is 3.97. The minimum absolute atomic E-state index is 0.258. The number of nitrogens with one attached hydrogen (secondary N) is 1. The van der Waals surface area contributed by atoms with Crippen molar-refractivity contribution in [1.82, 2.24) is 0 Å². The molecule has 0 unspecified atom stereocenters. The van der Waals surface area contributed by atoms with Crippen molar-refractivity contribution in [2.45, 2.75) is 12.9 Å². The van der Waals surface area contributed by atoms with Crippen LogP contribution in [0, 0.1) is 0 Å². The van der Waals surface area contributed by atoms with E-state index in [9.17, 15) is 13.2 Å². The number of rotatable bonds is 4. The van der Waals surface area contributed by atoms with Crippen LogP contribution in [0.1, 0.15) is 5.56 Å². The molecule has 0 amide bonds. The van der Waals surface area contributed by atoms with Gasteiger partial charge in [-0.15, -0.1) is 13.2 Å². The van der Waals surface area contributed by atoms with Crippen molar-refractivity contribution >= 4 is 28.9 Å². The Labute approximate surface area is 129 Å². The van der Waals surface area contributed by atoms with Gasteiger partial charge < -0.3 is 10.1 Å². The van der Waals surface area contributed by atoms with E-state index in [2.05, 4.69) is 10.1 Å². The SMILES string of the molecule is FC(F)(F)Oc1cccc(CNc2cc(Cl)cc(Cl)c2)c1. The molecule has 1 N–H and O–H groups in total. The van der Waals surface area contributed by atoms with Gasteiger partial charge in [0.15, 0.2) is 0 Å². The second kappa shape index (κ2) is 6.45. The first kappa shape index (κ1) is 15.8. The van der Waals surface area contributed by atoms with Crippen LogP contribution in [0.4, 0.5) is 18.9 Å². The van der Waals surface area contributed by atoms with Gasteiger partial charge in [-0.1, -0.05) is 35.3 Å². The molecule has 0 aliphatic carbocycles. The van der Waals surface area contributed by atoms with Crippen molar-refractivity contribution in [3.8, 4) is 5.75 Å². The van der Waals surface area contributed by atoms with Crippen molar-refractivity contribution in [2.75, 3.05) is 5.32 Å². The Morgan fingerprint density at radius 3 is 2.29 bits per heavy atom. The molecule has 0 heterocycles. The molecule has 0 fully saturated rings. The van der Waals surface area contributed by atoms with E-state index in [1.54, 1.807) is 24.3 Å². The molecule has 7 heteroatoms. The largest absolute Gasteiger partial charge is 0.573 e. The number of anilines is 1. The maximum absolute atomic E-state index is 12.1. The Morgan fingerprint density at radius 1 is 1.00 bits per heavy atom. The van der Waals surface area contributed by atoms with E-state index >= 15 is 0 Å². The number of alkyl halides is 3. The molecule has 0 aromatic heterocycles. The average molecular weight is 336 g/mol. The Bertz CT molecular complexity index is 612. The fourth-order valence-corrected chi connectivity index (χ4v) is 2.24. The van der Waals surface area contributed by atoms with Crippen molar-refractivity contribution in [1.29, 1.82) is 0 Å². The van der Waals surface area contributed by atoms with E-state index in [0.717, 1.165) is 0 Å². The number of hydrogen-bond donors (Lipinski definition) is 1. The molecular formula is C14H10Cl2F3NO. The van der Waals surface area contributed by atoms with E-state index in [1.165, 1.54) is 18.2 Å². The van der Waals surface area contributed by atoms with Gasteiger partial charge in [0.1, 0.15) is 5.75 Å². The fraction of sp³-hybridized carbons (Fsp3) is 0.143. The van der Waals surface area contributed by atoms with Crippen LogP contribution in [0.25, 0.3) is 0 Å². The number of hydrogen-bond acceptors (Lipinski definition) is 2. The van der Waals surface area contributed by atoms with Crippen molar-refractivity contribution in [3.05, 3.63) is 58.1 Å². The Morgan fingerprint density at radius 2 is 1.67 bits per heavy atom. The standard InChI is InChI=1S/C14H10Cl2F3NO/c15-10-5-11(16)7-12(6-10)20-8-9-2-1-3-13(4-9)21-14(17,18)19/h1-7,20H,8H2. The van der Waals surface area contributed by atoms with Gasteiger partial charge in [-0.2, -0.15) is 0 Å². The summed E-state index contributed by atoms with van der Waals surface area (Å²) in [6, 6.07) is 10.7. The average Bonchev–Trinajstić information content (AvgIpc) is 2.33. The zero-order chi connectivity index (χ0) is 15.5. The molecule has 0 saturated carbocycles. The van der Waals surface area contributed by atoms with Crippen LogP contribution >= 0.6 is 23.2 Å². The highest BCUT2D eigenvalue weighted by atomic mass is 35.5. The first-order chi connectivity index (χ1) is 9.82. The highest BCUT2D eigenvalue weighted by molar-refractivity contribution is 6.35. The van der Waals surface area contributed by atoms with Crippen molar-refractivity contribution in [3.63, 3.8) is 0 Å². The van der Waals surface area contributed by atoms with Crippen LogP contribution < -0.4 is 10.1 Å². The predicted octanol–water partition coefficient (Wildman–Crippen LogP) is 5.50. The van der Waals surface area contributed by atoms with E-state index in [4.69, 9.17) is 23.2 Å². The van der Waals surface area contributed by atoms with Gasteiger partial charge in [-0.05, 0) is 35.9 Å². The lowest BCUT2D eigenvalue weighted by Crippen LogP contribution is -2.17. The highest BCUT2D eigenvalue weighted by Gasteiger charge is 2.31. The summed E-state index contributed by atoms with van der Waals surface area (Å²) in [5.74, 6) is -0.258. The first-order valence-corrected chi connectivity index (χ1v) is 6.62. The van der Waals surface area contributed by atoms with Crippen LogP contribution in [0.5, 0.6) is 5.75 Å². The molecule has 0 spiro atoms. The van der Waals surface area contributed by atoms with Gasteiger partial charge in [-0.3, -0.25) is 0 Å². The molecule has 0 radical (unpaired) electrons. The number of ether oxygens (including phenoxy) is 1. The topological polar surface area (TPSA) is 21.3 Å². The smallest absolute Gasteiger partial charge is 0.406 e. The summed E-state index contributed by atoms with van der Waals surface area (Å²) in [4.78, 5) is 0. The van der Waals surface area contributed by atoms with Crippen LogP contribution in [-0.2, 0) is 6.54 Å². The molecule has 2 rings (SSSR count). The molecule has 2 aromatic rings. The molecule has 0 aliphatic rings. The van der Waals surface area contributed by atoms with Crippen LogP contribution in [0.2, 0.25) is 10.0 Å².